The number of hydrogen-bond donors (Lipinski definition) is 2. The first-order chi connectivity index (χ1) is 10.5. The minimum Gasteiger partial charge on any atom is -0.480 e. The summed E-state index contributed by atoms with van der Waals surface area (Å²) in [6.07, 6.45) is -0.120. The summed E-state index contributed by atoms with van der Waals surface area (Å²) in [4.78, 5) is 23.2. The quantitative estimate of drug-likeness (QED) is 0.912. The van der Waals surface area contributed by atoms with E-state index >= 15 is 0 Å². The monoisotopic (exact) mass is 316 g/mol. The standard InChI is InChI=1S/C16H13ClN2O3/c17-11-3-6-13-10(7-11)8-14(22-13)16(21)19-12-4-1-9(2-5-12)15(18)20/h1-7,14H,8H2,(H2,18,20)(H,19,21)/t14-/m0/s1. The Morgan fingerprint density at radius 2 is 1.91 bits per heavy atom. The topological polar surface area (TPSA) is 81.4 Å². The van der Waals surface area contributed by atoms with Gasteiger partial charge in [-0.2, -0.15) is 0 Å². The van der Waals surface area contributed by atoms with Crippen LogP contribution in [0, 0.1) is 0 Å². The second-order valence-corrected chi connectivity index (χ2v) is 5.43. The zero-order valence-electron chi connectivity index (χ0n) is 11.5. The summed E-state index contributed by atoms with van der Waals surface area (Å²) < 4.78 is 5.61. The molecule has 0 spiro atoms. The van der Waals surface area contributed by atoms with Crippen LogP contribution in [-0.2, 0) is 11.2 Å². The fraction of sp³-hybridized carbons (Fsp3) is 0.125. The van der Waals surface area contributed by atoms with Crippen LogP contribution in [0.3, 0.4) is 0 Å². The van der Waals surface area contributed by atoms with Crippen LogP contribution in [0.1, 0.15) is 15.9 Å². The molecule has 0 aliphatic carbocycles. The van der Waals surface area contributed by atoms with Crippen molar-refractivity contribution in [2.75, 3.05) is 5.32 Å². The van der Waals surface area contributed by atoms with Crippen molar-refractivity contribution in [3.8, 4) is 5.75 Å². The van der Waals surface area contributed by atoms with E-state index in [1.807, 2.05) is 0 Å². The van der Waals surface area contributed by atoms with Gasteiger partial charge in [0.1, 0.15) is 5.75 Å². The first kappa shape index (κ1) is 14.4. The molecule has 1 aliphatic heterocycles. The van der Waals surface area contributed by atoms with E-state index in [4.69, 9.17) is 22.1 Å². The number of primary amides is 1. The number of nitrogens with one attached hydrogen (secondary N) is 1. The summed E-state index contributed by atoms with van der Waals surface area (Å²) in [6, 6.07) is 11.6. The largest absolute Gasteiger partial charge is 0.480 e. The number of halogens is 1. The Balaban J connectivity index is 1.67. The van der Waals surface area contributed by atoms with Gasteiger partial charge in [-0.1, -0.05) is 11.6 Å². The molecule has 1 heterocycles. The SMILES string of the molecule is NC(=O)c1ccc(NC(=O)[C@@H]2Cc3cc(Cl)ccc3O2)cc1. The number of amides is 2. The number of nitrogens with two attached hydrogens (primary N) is 1. The Morgan fingerprint density at radius 3 is 2.59 bits per heavy atom. The van der Waals surface area contributed by atoms with E-state index in [1.165, 1.54) is 0 Å². The lowest BCUT2D eigenvalue weighted by Crippen LogP contribution is -2.31. The van der Waals surface area contributed by atoms with E-state index < -0.39 is 12.0 Å². The minimum atomic E-state index is -0.593. The van der Waals surface area contributed by atoms with Crippen LogP contribution in [0.25, 0.3) is 0 Å². The van der Waals surface area contributed by atoms with Crippen LogP contribution < -0.4 is 15.8 Å². The number of ether oxygens (including phenoxy) is 1. The number of rotatable bonds is 3. The maximum absolute atomic E-state index is 12.2. The Morgan fingerprint density at radius 1 is 1.18 bits per heavy atom. The van der Waals surface area contributed by atoms with Gasteiger partial charge in [-0.05, 0) is 48.0 Å². The van der Waals surface area contributed by atoms with E-state index in [0.29, 0.717) is 28.4 Å². The van der Waals surface area contributed by atoms with Crippen LogP contribution in [0.15, 0.2) is 42.5 Å². The number of fused-ring (bicyclic) bond motifs is 1. The third-order valence-electron chi connectivity index (χ3n) is 3.43. The fourth-order valence-corrected chi connectivity index (χ4v) is 2.50. The zero-order valence-corrected chi connectivity index (χ0v) is 12.3. The van der Waals surface area contributed by atoms with Crippen molar-refractivity contribution in [2.45, 2.75) is 12.5 Å². The molecule has 112 valence electrons. The summed E-state index contributed by atoms with van der Waals surface area (Å²) in [7, 11) is 0. The van der Waals surface area contributed by atoms with Crippen molar-refractivity contribution in [1.82, 2.24) is 0 Å². The molecular weight excluding hydrogens is 304 g/mol. The molecule has 6 heteroatoms. The van der Waals surface area contributed by atoms with Gasteiger partial charge in [-0.15, -0.1) is 0 Å². The summed E-state index contributed by atoms with van der Waals surface area (Å²) in [6.45, 7) is 0. The zero-order chi connectivity index (χ0) is 15.7. The normalized spacial score (nSPS) is 15.8. The molecule has 3 N–H and O–H groups in total. The van der Waals surface area contributed by atoms with Crippen LogP contribution >= 0.6 is 11.6 Å². The molecule has 0 radical (unpaired) electrons. The molecule has 1 aliphatic rings. The highest BCUT2D eigenvalue weighted by atomic mass is 35.5. The van der Waals surface area contributed by atoms with Crippen molar-refractivity contribution < 1.29 is 14.3 Å². The van der Waals surface area contributed by atoms with E-state index in [0.717, 1.165) is 5.56 Å². The maximum atomic E-state index is 12.2. The van der Waals surface area contributed by atoms with Gasteiger partial charge in [0.25, 0.3) is 5.91 Å². The van der Waals surface area contributed by atoms with Crippen molar-refractivity contribution >= 4 is 29.1 Å². The maximum Gasteiger partial charge on any atom is 0.265 e. The van der Waals surface area contributed by atoms with Gasteiger partial charge < -0.3 is 15.8 Å². The lowest BCUT2D eigenvalue weighted by atomic mass is 10.1. The average molecular weight is 317 g/mol. The Kier molecular flexibility index (Phi) is 3.73. The first-order valence-corrected chi connectivity index (χ1v) is 7.06. The van der Waals surface area contributed by atoms with Crippen LogP contribution in [0.2, 0.25) is 5.02 Å². The van der Waals surface area contributed by atoms with Crippen LogP contribution in [0.4, 0.5) is 5.69 Å². The van der Waals surface area contributed by atoms with Gasteiger partial charge in [0.15, 0.2) is 6.10 Å². The van der Waals surface area contributed by atoms with Crippen molar-refractivity contribution in [2.24, 2.45) is 5.73 Å². The second kappa shape index (κ2) is 5.69. The Labute approximate surface area is 132 Å². The molecule has 0 bridgehead atoms. The predicted molar refractivity (Wildman–Crippen MR) is 83.2 cm³/mol. The number of carbonyl (C=O) groups excluding carboxylic acids is 2. The summed E-state index contributed by atoms with van der Waals surface area (Å²) >= 11 is 5.93. The Bertz CT molecular complexity index is 744. The van der Waals surface area contributed by atoms with Crippen molar-refractivity contribution in [3.63, 3.8) is 0 Å². The van der Waals surface area contributed by atoms with Gasteiger partial charge in [-0.25, -0.2) is 0 Å². The van der Waals surface area contributed by atoms with Crippen LogP contribution in [-0.4, -0.2) is 17.9 Å². The fourth-order valence-electron chi connectivity index (χ4n) is 2.30. The molecule has 0 saturated heterocycles. The lowest BCUT2D eigenvalue weighted by molar-refractivity contribution is -0.122. The molecule has 2 aromatic rings. The van der Waals surface area contributed by atoms with Crippen molar-refractivity contribution in [3.05, 3.63) is 58.6 Å². The molecular formula is C16H13ClN2O3. The van der Waals surface area contributed by atoms with Crippen molar-refractivity contribution in [1.29, 1.82) is 0 Å². The van der Waals surface area contributed by atoms with E-state index in [9.17, 15) is 9.59 Å². The predicted octanol–water partition coefficient (Wildman–Crippen LogP) is 2.38. The molecule has 2 aromatic carbocycles. The minimum absolute atomic E-state index is 0.251. The molecule has 3 rings (SSSR count). The molecule has 5 nitrogen and oxygen atoms in total. The molecule has 2 amide bonds. The number of hydrogen-bond acceptors (Lipinski definition) is 3. The van der Waals surface area contributed by atoms with Gasteiger partial charge >= 0.3 is 0 Å². The van der Waals surface area contributed by atoms with E-state index in [1.54, 1.807) is 42.5 Å². The molecule has 0 aromatic heterocycles. The highest BCUT2D eigenvalue weighted by Gasteiger charge is 2.29. The first-order valence-electron chi connectivity index (χ1n) is 6.69. The number of carbonyl (C=O) groups is 2. The summed E-state index contributed by atoms with van der Waals surface area (Å²) in [5, 5.41) is 3.37. The smallest absolute Gasteiger partial charge is 0.265 e. The summed E-state index contributed by atoms with van der Waals surface area (Å²) in [5.41, 5.74) is 7.04. The van der Waals surface area contributed by atoms with E-state index in [2.05, 4.69) is 5.32 Å². The van der Waals surface area contributed by atoms with Gasteiger partial charge in [-0.3, -0.25) is 9.59 Å². The van der Waals surface area contributed by atoms with Gasteiger partial charge in [0.2, 0.25) is 5.91 Å². The molecule has 0 fully saturated rings. The highest BCUT2D eigenvalue weighted by molar-refractivity contribution is 6.30. The molecule has 22 heavy (non-hydrogen) atoms. The highest BCUT2D eigenvalue weighted by Crippen LogP contribution is 2.31. The van der Waals surface area contributed by atoms with Crippen LogP contribution in [0.5, 0.6) is 5.75 Å². The number of benzene rings is 2. The van der Waals surface area contributed by atoms with E-state index in [-0.39, 0.29) is 5.91 Å². The van der Waals surface area contributed by atoms with Gasteiger partial charge in [0.05, 0.1) is 0 Å². The molecule has 1 atom stereocenters. The third-order valence-corrected chi connectivity index (χ3v) is 3.66. The lowest BCUT2D eigenvalue weighted by Gasteiger charge is -2.11. The molecule has 0 unspecified atom stereocenters. The number of anilines is 1. The Hall–Kier alpha value is -2.53. The third kappa shape index (κ3) is 2.89. The average Bonchev–Trinajstić information content (AvgIpc) is 2.91. The molecule has 0 saturated carbocycles. The second-order valence-electron chi connectivity index (χ2n) is 4.99. The van der Waals surface area contributed by atoms with Gasteiger partial charge in [0, 0.05) is 22.7 Å². The summed E-state index contributed by atoms with van der Waals surface area (Å²) in [5.74, 6) is -0.0860.